The lowest BCUT2D eigenvalue weighted by molar-refractivity contribution is 0.0583. The van der Waals surface area contributed by atoms with Crippen molar-refractivity contribution in [2.75, 3.05) is 13.2 Å². The summed E-state index contributed by atoms with van der Waals surface area (Å²) < 4.78 is 7.09. The van der Waals surface area contributed by atoms with Gasteiger partial charge in [-0.05, 0) is 81.6 Å². The fourth-order valence-electron chi connectivity index (χ4n) is 2.12. The molecule has 1 fully saturated rings. The maximum Gasteiger partial charge on any atom is 0.142 e. The molecule has 0 bridgehead atoms. The summed E-state index contributed by atoms with van der Waals surface area (Å²) in [5, 5.41) is 9.75. The van der Waals surface area contributed by atoms with Crippen LogP contribution in [0.5, 0.6) is 5.75 Å². The fourth-order valence-corrected chi connectivity index (χ4v) is 3.94. The number of phenolic OH excluding ortho intramolecular Hbond substituents is 1. The second-order valence-electron chi connectivity index (χ2n) is 4.31. The summed E-state index contributed by atoms with van der Waals surface area (Å²) in [5.41, 5.74) is 7.43. The molecule has 0 amide bonds. The number of hydrogen-bond acceptors (Lipinski definition) is 3. The number of nitrogens with two attached hydrogens (primary N) is 1. The maximum absolute atomic E-state index is 9.75. The maximum atomic E-state index is 9.75. The molecule has 0 aromatic heterocycles. The SMILES string of the molecule is Cl.N[C@H](c1cc(I)c(O)c(I)c1)C1CCOCC1. The van der Waals surface area contributed by atoms with Gasteiger partial charge >= 0.3 is 0 Å². The van der Waals surface area contributed by atoms with E-state index in [4.69, 9.17) is 10.5 Å². The molecule has 3 N–H and O–H groups in total. The third-order valence-electron chi connectivity index (χ3n) is 3.20. The van der Waals surface area contributed by atoms with Crippen molar-refractivity contribution in [1.82, 2.24) is 0 Å². The highest BCUT2D eigenvalue weighted by Crippen LogP contribution is 2.33. The summed E-state index contributed by atoms with van der Waals surface area (Å²) in [4.78, 5) is 0. The fraction of sp³-hybridized carbons (Fsp3) is 0.500. The van der Waals surface area contributed by atoms with Crippen molar-refractivity contribution in [3.8, 4) is 5.75 Å². The van der Waals surface area contributed by atoms with Crippen LogP contribution in [0.1, 0.15) is 24.4 Å². The van der Waals surface area contributed by atoms with Crippen LogP contribution in [0.3, 0.4) is 0 Å². The summed E-state index contributed by atoms with van der Waals surface area (Å²) in [7, 11) is 0. The van der Waals surface area contributed by atoms with E-state index in [1.54, 1.807) is 0 Å². The van der Waals surface area contributed by atoms with Crippen LogP contribution in [0.15, 0.2) is 12.1 Å². The van der Waals surface area contributed by atoms with Gasteiger partial charge in [0.1, 0.15) is 5.75 Å². The third-order valence-corrected chi connectivity index (χ3v) is 4.84. The smallest absolute Gasteiger partial charge is 0.142 e. The molecule has 0 aliphatic carbocycles. The topological polar surface area (TPSA) is 55.5 Å². The lowest BCUT2D eigenvalue weighted by Gasteiger charge is -2.28. The average Bonchev–Trinajstić information content (AvgIpc) is 2.35. The van der Waals surface area contributed by atoms with Crippen LogP contribution in [0.4, 0.5) is 0 Å². The van der Waals surface area contributed by atoms with Crippen LogP contribution in [0.2, 0.25) is 0 Å². The minimum atomic E-state index is 0. The Kier molecular flexibility index (Phi) is 6.95. The number of hydrogen-bond donors (Lipinski definition) is 2. The molecular weight excluding hydrogens is 479 g/mol. The Labute approximate surface area is 141 Å². The number of rotatable bonds is 2. The summed E-state index contributed by atoms with van der Waals surface area (Å²) in [6.45, 7) is 1.62. The molecule has 3 nitrogen and oxygen atoms in total. The van der Waals surface area contributed by atoms with E-state index in [1.165, 1.54) is 0 Å². The third kappa shape index (κ3) is 3.84. The minimum Gasteiger partial charge on any atom is -0.506 e. The molecule has 0 saturated carbocycles. The average molecular weight is 496 g/mol. The molecule has 1 aliphatic heterocycles. The van der Waals surface area contributed by atoms with E-state index in [2.05, 4.69) is 45.2 Å². The van der Waals surface area contributed by atoms with E-state index in [9.17, 15) is 5.11 Å². The molecule has 1 atom stereocenters. The summed E-state index contributed by atoms with van der Waals surface area (Å²) in [6.07, 6.45) is 2.05. The van der Waals surface area contributed by atoms with E-state index in [1.807, 2.05) is 12.1 Å². The van der Waals surface area contributed by atoms with Gasteiger partial charge in [0.25, 0.3) is 0 Å². The van der Waals surface area contributed by atoms with Gasteiger partial charge in [-0.2, -0.15) is 0 Å². The number of ether oxygens (including phenoxy) is 1. The summed E-state index contributed by atoms with van der Waals surface area (Å²) in [5.74, 6) is 0.842. The molecule has 1 saturated heterocycles. The van der Waals surface area contributed by atoms with Gasteiger partial charge in [0, 0.05) is 19.3 Å². The van der Waals surface area contributed by atoms with Gasteiger partial charge in [0.15, 0.2) is 0 Å². The van der Waals surface area contributed by atoms with Gasteiger partial charge in [-0.25, -0.2) is 0 Å². The van der Waals surface area contributed by atoms with Crippen molar-refractivity contribution in [3.63, 3.8) is 0 Å². The van der Waals surface area contributed by atoms with E-state index < -0.39 is 0 Å². The Morgan fingerprint density at radius 3 is 2.22 bits per heavy atom. The standard InChI is InChI=1S/C12H15I2NO2.ClH/c13-9-5-8(6-10(14)12(9)16)11(15)7-1-3-17-4-2-7;/h5-7,11,16H,1-4,15H2;1H/t11-;/m0./s1. The van der Waals surface area contributed by atoms with Crippen molar-refractivity contribution in [2.45, 2.75) is 18.9 Å². The Hall–Kier alpha value is 0.690. The first-order valence-electron chi connectivity index (χ1n) is 5.61. The lowest BCUT2D eigenvalue weighted by atomic mass is 9.88. The van der Waals surface area contributed by atoms with Gasteiger partial charge in [-0.15, -0.1) is 12.4 Å². The number of aromatic hydroxyl groups is 1. The highest BCUT2D eigenvalue weighted by Gasteiger charge is 2.23. The zero-order chi connectivity index (χ0) is 12.4. The predicted molar refractivity (Wildman–Crippen MR) is 91.3 cm³/mol. The molecule has 1 aliphatic rings. The highest BCUT2D eigenvalue weighted by atomic mass is 127. The number of benzene rings is 1. The number of halogens is 3. The Bertz CT molecular complexity index is 388. The van der Waals surface area contributed by atoms with E-state index in [0.29, 0.717) is 11.7 Å². The van der Waals surface area contributed by atoms with Crippen LogP contribution in [-0.4, -0.2) is 18.3 Å². The van der Waals surface area contributed by atoms with Gasteiger partial charge < -0.3 is 15.6 Å². The van der Waals surface area contributed by atoms with E-state index in [0.717, 1.165) is 38.8 Å². The second-order valence-corrected chi connectivity index (χ2v) is 6.63. The van der Waals surface area contributed by atoms with Crippen molar-refractivity contribution in [1.29, 1.82) is 0 Å². The molecule has 102 valence electrons. The first-order chi connectivity index (χ1) is 8.09. The molecule has 1 heterocycles. The Morgan fingerprint density at radius 2 is 1.72 bits per heavy atom. The van der Waals surface area contributed by atoms with Gasteiger partial charge in [-0.1, -0.05) is 0 Å². The summed E-state index contributed by atoms with van der Waals surface area (Å²) >= 11 is 4.29. The minimum absolute atomic E-state index is 0. The zero-order valence-corrected chi connectivity index (χ0v) is 14.9. The first kappa shape index (κ1) is 16.7. The van der Waals surface area contributed by atoms with Crippen LogP contribution >= 0.6 is 57.6 Å². The molecule has 18 heavy (non-hydrogen) atoms. The van der Waals surface area contributed by atoms with Crippen molar-refractivity contribution in [3.05, 3.63) is 24.8 Å². The number of phenols is 1. The Morgan fingerprint density at radius 1 is 1.22 bits per heavy atom. The van der Waals surface area contributed by atoms with Crippen LogP contribution in [-0.2, 0) is 4.74 Å². The van der Waals surface area contributed by atoms with E-state index >= 15 is 0 Å². The molecule has 2 rings (SSSR count). The monoisotopic (exact) mass is 495 g/mol. The van der Waals surface area contributed by atoms with Gasteiger partial charge in [0.2, 0.25) is 0 Å². The molecule has 1 aromatic rings. The molecule has 1 aromatic carbocycles. The second kappa shape index (κ2) is 7.47. The van der Waals surface area contributed by atoms with Gasteiger partial charge in [0.05, 0.1) is 7.14 Å². The van der Waals surface area contributed by atoms with Crippen molar-refractivity contribution >= 4 is 57.6 Å². The Balaban J connectivity index is 0.00000162. The lowest BCUT2D eigenvalue weighted by Crippen LogP contribution is -2.27. The largest absolute Gasteiger partial charge is 0.506 e. The normalized spacial score (nSPS) is 18.2. The molecule has 0 spiro atoms. The van der Waals surface area contributed by atoms with Crippen LogP contribution in [0, 0.1) is 13.1 Å². The molecule has 0 unspecified atom stereocenters. The van der Waals surface area contributed by atoms with Crippen LogP contribution < -0.4 is 5.73 Å². The van der Waals surface area contributed by atoms with Crippen molar-refractivity contribution < 1.29 is 9.84 Å². The molecular formula is C12H16ClI2NO2. The van der Waals surface area contributed by atoms with Crippen LogP contribution in [0.25, 0.3) is 0 Å². The van der Waals surface area contributed by atoms with E-state index in [-0.39, 0.29) is 18.4 Å². The quantitative estimate of drug-likeness (QED) is 0.619. The van der Waals surface area contributed by atoms with Crippen molar-refractivity contribution in [2.24, 2.45) is 11.7 Å². The predicted octanol–water partition coefficient (Wildman–Crippen LogP) is 3.45. The molecule has 0 radical (unpaired) electrons. The summed E-state index contributed by atoms with van der Waals surface area (Å²) in [6, 6.07) is 4.01. The van der Waals surface area contributed by atoms with Gasteiger partial charge in [-0.3, -0.25) is 0 Å². The highest BCUT2D eigenvalue weighted by molar-refractivity contribution is 14.1. The zero-order valence-electron chi connectivity index (χ0n) is 9.73. The first-order valence-corrected chi connectivity index (χ1v) is 7.76. The molecule has 6 heteroatoms.